The van der Waals surface area contributed by atoms with Gasteiger partial charge in [0, 0.05) is 24.0 Å². The van der Waals surface area contributed by atoms with Crippen LogP contribution in [-0.4, -0.2) is 14.8 Å². The molecular formula is C14H21BrN2O3. The minimum Gasteiger partial charge on any atom is -0.309 e. The molecule has 0 bridgehead atoms. The fourth-order valence-electron chi connectivity index (χ4n) is 2.06. The van der Waals surface area contributed by atoms with Crippen LogP contribution in [0.15, 0.2) is 23.1 Å². The topological polar surface area (TPSA) is 65.1 Å². The van der Waals surface area contributed by atoms with Crippen molar-refractivity contribution in [1.82, 2.24) is 4.57 Å². The first-order chi connectivity index (χ1) is 9.65. The Morgan fingerprint density at radius 1 is 1.05 bits per heavy atom. The van der Waals surface area contributed by atoms with E-state index in [4.69, 9.17) is 0 Å². The Bertz CT molecular complexity index is 474. The molecule has 1 aromatic heterocycles. The molecule has 1 rings (SSSR count). The summed E-state index contributed by atoms with van der Waals surface area (Å²) in [5.41, 5.74) is -0.202. The predicted octanol–water partition coefficient (Wildman–Crippen LogP) is 3.88. The van der Waals surface area contributed by atoms with Crippen molar-refractivity contribution < 1.29 is 4.92 Å². The quantitative estimate of drug-likeness (QED) is 0.280. The van der Waals surface area contributed by atoms with E-state index in [9.17, 15) is 14.9 Å². The molecule has 5 nitrogen and oxygen atoms in total. The molecule has 0 N–H and O–H groups in total. The smallest absolute Gasteiger partial charge is 0.285 e. The summed E-state index contributed by atoms with van der Waals surface area (Å²) in [7, 11) is 0. The standard InChI is InChI=1S/C14H21BrN2O3/c15-10-6-4-2-1-3-5-7-11-16-12-13(17(19)20)8-9-14(16)18/h8-9,12H,1-7,10-11H2. The molecule has 0 saturated heterocycles. The van der Waals surface area contributed by atoms with E-state index in [0.717, 1.165) is 24.6 Å². The Hall–Kier alpha value is -1.17. The van der Waals surface area contributed by atoms with Crippen LogP contribution in [0.2, 0.25) is 0 Å². The molecule has 0 spiro atoms. The zero-order chi connectivity index (χ0) is 14.8. The number of nitrogens with zero attached hydrogens (tertiary/aromatic N) is 2. The van der Waals surface area contributed by atoms with Gasteiger partial charge in [0.2, 0.25) is 0 Å². The highest BCUT2D eigenvalue weighted by molar-refractivity contribution is 9.09. The molecule has 0 aromatic carbocycles. The number of pyridine rings is 1. The van der Waals surface area contributed by atoms with Crippen molar-refractivity contribution in [3.8, 4) is 0 Å². The fourth-order valence-corrected chi connectivity index (χ4v) is 2.46. The molecule has 0 saturated carbocycles. The zero-order valence-electron chi connectivity index (χ0n) is 11.6. The van der Waals surface area contributed by atoms with E-state index < -0.39 is 4.92 Å². The lowest BCUT2D eigenvalue weighted by molar-refractivity contribution is -0.385. The molecule has 0 fully saturated rings. The van der Waals surface area contributed by atoms with Gasteiger partial charge in [-0.25, -0.2) is 0 Å². The van der Waals surface area contributed by atoms with Gasteiger partial charge >= 0.3 is 0 Å². The molecule has 0 amide bonds. The van der Waals surface area contributed by atoms with Crippen LogP contribution < -0.4 is 5.56 Å². The molecule has 0 aliphatic carbocycles. The van der Waals surface area contributed by atoms with Crippen molar-refractivity contribution in [2.45, 2.75) is 51.5 Å². The van der Waals surface area contributed by atoms with Crippen LogP contribution in [0.5, 0.6) is 0 Å². The Labute approximate surface area is 127 Å². The van der Waals surface area contributed by atoms with Gasteiger partial charge in [-0.05, 0) is 12.8 Å². The normalized spacial score (nSPS) is 10.7. The number of nitro groups is 1. The van der Waals surface area contributed by atoms with Gasteiger partial charge in [0.05, 0.1) is 11.1 Å². The van der Waals surface area contributed by atoms with Gasteiger partial charge in [-0.3, -0.25) is 14.9 Å². The second-order valence-electron chi connectivity index (χ2n) is 4.84. The number of hydrogen-bond donors (Lipinski definition) is 0. The van der Waals surface area contributed by atoms with E-state index in [2.05, 4.69) is 15.9 Å². The van der Waals surface area contributed by atoms with Crippen molar-refractivity contribution in [2.75, 3.05) is 5.33 Å². The maximum absolute atomic E-state index is 11.6. The first kappa shape index (κ1) is 16.9. The highest BCUT2D eigenvalue weighted by Crippen LogP contribution is 2.10. The third kappa shape index (κ3) is 6.32. The van der Waals surface area contributed by atoms with Crippen LogP contribution in [0.1, 0.15) is 44.9 Å². The predicted molar refractivity (Wildman–Crippen MR) is 83.5 cm³/mol. The van der Waals surface area contributed by atoms with E-state index >= 15 is 0 Å². The number of alkyl halides is 1. The number of unbranched alkanes of at least 4 members (excludes halogenated alkanes) is 6. The highest BCUT2D eigenvalue weighted by Gasteiger charge is 2.07. The first-order valence-electron chi connectivity index (χ1n) is 7.06. The van der Waals surface area contributed by atoms with Crippen molar-refractivity contribution in [2.24, 2.45) is 0 Å². The summed E-state index contributed by atoms with van der Waals surface area (Å²) in [4.78, 5) is 21.7. The molecule has 0 aliphatic rings. The Balaban J connectivity index is 2.26. The molecular weight excluding hydrogens is 324 g/mol. The van der Waals surface area contributed by atoms with Crippen molar-refractivity contribution >= 4 is 21.6 Å². The summed E-state index contributed by atoms with van der Waals surface area (Å²) in [5.74, 6) is 0. The van der Waals surface area contributed by atoms with Gasteiger partial charge in [0.15, 0.2) is 0 Å². The minimum absolute atomic E-state index is 0.0284. The van der Waals surface area contributed by atoms with E-state index in [1.807, 2.05) is 0 Å². The monoisotopic (exact) mass is 344 g/mol. The van der Waals surface area contributed by atoms with Crippen LogP contribution in [0.25, 0.3) is 0 Å². The number of aryl methyl sites for hydroxylation is 1. The second kappa shape index (κ2) is 9.69. The molecule has 0 atom stereocenters. The molecule has 6 heteroatoms. The van der Waals surface area contributed by atoms with E-state index in [1.54, 1.807) is 0 Å². The van der Waals surface area contributed by atoms with Crippen molar-refractivity contribution in [3.05, 3.63) is 38.8 Å². The molecule has 0 unspecified atom stereocenters. The Morgan fingerprint density at radius 3 is 2.25 bits per heavy atom. The van der Waals surface area contributed by atoms with Gasteiger partial charge in [-0.2, -0.15) is 0 Å². The fraction of sp³-hybridized carbons (Fsp3) is 0.643. The maximum atomic E-state index is 11.6. The summed E-state index contributed by atoms with van der Waals surface area (Å²) in [6.07, 6.45) is 9.39. The Morgan fingerprint density at radius 2 is 1.65 bits per heavy atom. The van der Waals surface area contributed by atoms with Crippen LogP contribution >= 0.6 is 15.9 Å². The van der Waals surface area contributed by atoms with Gasteiger partial charge in [0.1, 0.15) is 0 Å². The number of rotatable bonds is 10. The molecule has 1 heterocycles. The van der Waals surface area contributed by atoms with Gasteiger partial charge in [-0.1, -0.05) is 48.0 Å². The lowest BCUT2D eigenvalue weighted by Gasteiger charge is -2.05. The largest absolute Gasteiger partial charge is 0.309 e. The molecule has 20 heavy (non-hydrogen) atoms. The molecule has 1 aromatic rings. The van der Waals surface area contributed by atoms with E-state index in [-0.39, 0.29) is 11.2 Å². The minimum atomic E-state index is -0.472. The average Bonchev–Trinajstić information content (AvgIpc) is 2.43. The number of hydrogen-bond acceptors (Lipinski definition) is 3. The van der Waals surface area contributed by atoms with Crippen LogP contribution in [0, 0.1) is 10.1 Å². The Kier molecular flexibility index (Phi) is 8.18. The maximum Gasteiger partial charge on any atom is 0.285 e. The summed E-state index contributed by atoms with van der Waals surface area (Å²) < 4.78 is 1.43. The third-order valence-corrected chi connectivity index (χ3v) is 3.77. The summed E-state index contributed by atoms with van der Waals surface area (Å²) in [5, 5.41) is 11.7. The third-order valence-electron chi connectivity index (χ3n) is 3.21. The van der Waals surface area contributed by atoms with Crippen LogP contribution in [-0.2, 0) is 6.54 Å². The van der Waals surface area contributed by atoms with Crippen LogP contribution in [0.4, 0.5) is 5.69 Å². The van der Waals surface area contributed by atoms with Gasteiger partial charge < -0.3 is 4.57 Å². The van der Waals surface area contributed by atoms with E-state index in [0.29, 0.717) is 6.54 Å². The number of aromatic nitrogens is 1. The van der Waals surface area contributed by atoms with Crippen LogP contribution in [0.3, 0.4) is 0 Å². The SMILES string of the molecule is O=c1ccc([N+](=O)[O-])cn1CCCCCCCCCBr. The first-order valence-corrected chi connectivity index (χ1v) is 8.18. The van der Waals surface area contributed by atoms with Crippen molar-refractivity contribution in [1.29, 1.82) is 0 Å². The highest BCUT2D eigenvalue weighted by atomic mass is 79.9. The summed E-state index contributed by atoms with van der Waals surface area (Å²) >= 11 is 3.41. The van der Waals surface area contributed by atoms with Crippen molar-refractivity contribution in [3.63, 3.8) is 0 Å². The number of halogens is 1. The lowest BCUT2D eigenvalue weighted by atomic mass is 10.1. The van der Waals surface area contributed by atoms with Gasteiger partial charge in [0.25, 0.3) is 11.2 Å². The summed E-state index contributed by atoms with van der Waals surface area (Å²) in [6.45, 7) is 0.557. The summed E-state index contributed by atoms with van der Waals surface area (Å²) in [6, 6.07) is 2.51. The lowest BCUT2D eigenvalue weighted by Crippen LogP contribution is -2.18. The second-order valence-corrected chi connectivity index (χ2v) is 5.63. The molecule has 0 aliphatic heterocycles. The average molecular weight is 345 g/mol. The van der Waals surface area contributed by atoms with Gasteiger partial charge in [-0.15, -0.1) is 0 Å². The zero-order valence-corrected chi connectivity index (χ0v) is 13.2. The molecule has 112 valence electrons. The molecule has 0 radical (unpaired) electrons. The van der Waals surface area contributed by atoms with E-state index in [1.165, 1.54) is 48.6 Å².